The Morgan fingerprint density at radius 2 is 1.88 bits per heavy atom. The van der Waals surface area contributed by atoms with Gasteiger partial charge in [-0.05, 0) is 67.6 Å². The van der Waals surface area contributed by atoms with Gasteiger partial charge >= 0.3 is 0 Å². The first kappa shape index (κ1) is 11.3. The normalized spacial score (nSPS) is 32.3. The maximum absolute atomic E-state index is 10.3. The van der Waals surface area contributed by atoms with Crippen molar-refractivity contribution in [1.29, 1.82) is 0 Å². The molecule has 0 amide bonds. The molecule has 0 spiro atoms. The molecule has 3 atom stereocenters. The lowest BCUT2D eigenvalue weighted by molar-refractivity contribution is 0.135. The van der Waals surface area contributed by atoms with Gasteiger partial charge in [-0.2, -0.15) is 0 Å². The zero-order valence-electron chi connectivity index (χ0n) is 10.8. The summed E-state index contributed by atoms with van der Waals surface area (Å²) < 4.78 is 0. The topological polar surface area (TPSA) is 20.2 Å². The lowest BCUT2D eigenvalue weighted by atomic mass is 9.97. The van der Waals surface area contributed by atoms with E-state index in [2.05, 4.69) is 32.0 Å². The third-order valence-electron chi connectivity index (χ3n) is 4.93. The van der Waals surface area contributed by atoms with Crippen molar-refractivity contribution >= 4 is 0 Å². The fourth-order valence-electron chi connectivity index (χ4n) is 3.76. The molecular formula is C16H22O. The molecule has 3 rings (SSSR count). The van der Waals surface area contributed by atoms with Crippen LogP contribution < -0.4 is 0 Å². The van der Waals surface area contributed by atoms with Gasteiger partial charge in [0.1, 0.15) is 0 Å². The summed E-state index contributed by atoms with van der Waals surface area (Å²) in [6.45, 7) is 4.29. The summed E-state index contributed by atoms with van der Waals surface area (Å²) in [5, 5.41) is 10.3. The van der Waals surface area contributed by atoms with E-state index in [1.165, 1.54) is 36.0 Å². The van der Waals surface area contributed by atoms with Gasteiger partial charge in [-0.15, -0.1) is 0 Å². The Morgan fingerprint density at radius 3 is 2.53 bits per heavy atom. The van der Waals surface area contributed by atoms with Crippen LogP contribution >= 0.6 is 0 Å². The van der Waals surface area contributed by atoms with E-state index in [-0.39, 0.29) is 6.10 Å². The molecule has 1 heteroatoms. The third kappa shape index (κ3) is 2.01. The Labute approximate surface area is 104 Å². The van der Waals surface area contributed by atoms with Crippen molar-refractivity contribution in [3.05, 3.63) is 34.9 Å². The van der Waals surface area contributed by atoms with E-state index in [1.807, 2.05) is 0 Å². The molecule has 17 heavy (non-hydrogen) atoms. The summed E-state index contributed by atoms with van der Waals surface area (Å²) in [6.07, 6.45) is 4.85. The zero-order chi connectivity index (χ0) is 12.0. The Balaban J connectivity index is 1.64. The quantitative estimate of drug-likeness (QED) is 0.845. The SMILES string of the molecule is Cc1ccc(CC(O)C2C3CCCC32)cc1C. The minimum absolute atomic E-state index is 0.104. The molecule has 1 nitrogen and oxygen atoms in total. The second kappa shape index (κ2) is 4.13. The van der Waals surface area contributed by atoms with Gasteiger partial charge in [-0.1, -0.05) is 24.6 Å². The molecule has 2 saturated carbocycles. The smallest absolute Gasteiger partial charge is 0.0614 e. The van der Waals surface area contributed by atoms with Crippen molar-refractivity contribution < 1.29 is 5.11 Å². The van der Waals surface area contributed by atoms with Gasteiger partial charge in [0, 0.05) is 0 Å². The lowest BCUT2D eigenvalue weighted by Crippen LogP contribution is -2.16. The second-order valence-electron chi connectivity index (χ2n) is 6.03. The van der Waals surface area contributed by atoms with Gasteiger partial charge < -0.3 is 5.11 Å². The summed E-state index contributed by atoms with van der Waals surface area (Å²) in [5.41, 5.74) is 3.97. The van der Waals surface area contributed by atoms with E-state index >= 15 is 0 Å². The highest BCUT2D eigenvalue weighted by molar-refractivity contribution is 5.30. The number of rotatable bonds is 3. The molecule has 3 unspecified atom stereocenters. The summed E-state index contributed by atoms with van der Waals surface area (Å²) in [4.78, 5) is 0. The number of aliphatic hydroxyl groups excluding tert-OH is 1. The van der Waals surface area contributed by atoms with E-state index in [0.29, 0.717) is 5.92 Å². The van der Waals surface area contributed by atoms with Crippen LogP contribution in [0.2, 0.25) is 0 Å². The summed E-state index contributed by atoms with van der Waals surface area (Å²) in [7, 11) is 0. The molecule has 92 valence electrons. The molecule has 2 fully saturated rings. The number of aryl methyl sites for hydroxylation is 2. The molecule has 1 aromatic carbocycles. The van der Waals surface area contributed by atoms with Gasteiger partial charge in [0.15, 0.2) is 0 Å². The standard InChI is InChI=1S/C16H22O/c1-10-6-7-12(8-11(10)2)9-15(17)16-13-4-3-5-14(13)16/h6-8,13-17H,3-5,9H2,1-2H3. The van der Waals surface area contributed by atoms with Crippen molar-refractivity contribution in [3.63, 3.8) is 0 Å². The Bertz CT molecular complexity index is 414. The van der Waals surface area contributed by atoms with Crippen LogP contribution in [-0.4, -0.2) is 11.2 Å². The molecule has 0 saturated heterocycles. The van der Waals surface area contributed by atoms with Crippen LogP contribution in [0.3, 0.4) is 0 Å². The Morgan fingerprint density at radius 1 is 1.18 bits per heavy atom. The van der Waals surface area contributed by atoms with Crippen LogP contribution in [0, 0.1) is 31.6 Å². The molecule has 0 aromatic heterocycles. The van der Waals surface area contributed by atoms with E-state index < -0.39 is 0 Å². The van der Waals surface area contributed by atoms with Crippen molar-refractivity contribution in [2.75, 3.05) is 0 Å². The minimum atomic E-state index is -0.104. The summed E-state index contributed by atoms with van der Waals surface area (Å²) in [6, 6.07) is 6.57. The maximum atomic E-state index is 10.3. The lowest BCUT2D eigenvalue weighted by Gasteiger charge is -2.13. The van der Waals surface area contributed by atoms with Crippen molar-refractivity contribution in [3.8, 4) is 0 Å². The molecule has 0 heterocycles. The first-order chi connectivity index (χ1) is 8.16. The number of hydrogen-bond acceptors (Lipinski definition) is 1. The van der Waals surface area contributed by atoms with E-state index in [0.717, 1.165) is 18.3 Å². The van der Waals surface area contributed by atoms with Gasteiger partial charge in [0.25, 0.3) is 0 Å². The zero-order valence-corrected chi connectivity index (χ0v) is 10.8. The molecule has 2 aliphatic rings. The molecule has 2 aliphatic carbocycles. The largest absolute Gasteiger partial charge is 0.392 e. The Hall–Kier alpha value is -0.820. The van der Waals surface area contributed by atoms with E-state index in [1.54, 1.807) is 0 Å². The highest BCUT2D eigenvalue weighted by Crippen LogP contribution is 2.59. The number of hydrogen-bond donors (Lipinski definition) is 1. The van der Waals surface area contributed by atoms with Crippen LogP contribution in [0.4, 0.5) is 0 Å². The highest BCUT2D eigenvalue weighted by Gasteiger charge is 2.55. The fraction of sp³-hybridized carbons (Fsp3) is 0.625. The predicted octanol–water partition coefficient (Wildman–Crippen LogP) is 3.25. The highest BCUT2D eigenvalue weighted by atomic mass is 16.3. The van der Waals surface area contributed by atoms with Crippen LogP contribution in [0.15, 0.2) is 18.2 Å². The molecule has 0 radical (unpaired) electrons. The average Bonchev–Trinajstić information content (AvgIpc) is 2.78. The molecule has 1 aromatic rings. The second-order valence-corrected chi connectivity index (χ2v) is 6.03. The first-order valence-corrected chi connectivity index (χ1v) is 6.91. The monoisotopic (exact) mass is 230 g/mol. The predicted molar refractivity (Wildman–Crippen MR) is 69.9 cm³/mol. The molecule has 1 N–H and O–H groups in total. The van der Waals surface area contributed by atoms with Gasteiger partial charge in [-0.25, -0.2) is 0 Å². The van der Waals surface area contributed by atoms with Gasteiger partial charge in [0.05, 0.1) is 6.10 Å². The van der Waals surface area contributed by atoms with Gasteiger partial charge in [-0.3, -0.25) is 0 Å². The number of fused-ring (bicyclic) bond motifs is 1. The number of aliphatic hydroxyl groups is 1. The average molecular weight is 230 g/mol. The van der Waals surface area contributed by atoms with E-state index in [4.69, 9.17) is 0 Å². The van der Waals surface area contributed by atoms with Crippen LogP contribution in [0.25, 0.3) is 0 Å². The van der Waals surface area contributed by atoms with Gasteiger partial charge in [0.2, 0.25) is 0 Å². The van der Waals surface area contributed by atoms with E-state index in [9.17, 15) is 5.11 Å². The van der Waals surface area contributed by atoms with Crippen LogP contribution in [0.1, 0.15) is 36.0 Å². The van der Waals surface area contributed by atoms with Crippen LogP contribution in [-0.2, 0) is 6.42 Å². The molecule has 0 aliphatic heterocycles. The van der Waals surface area contributed by atoms with Crippen molar-refractivity contribution in [1.82, 2.24) is 0 Å². The first-order valence-electron chi connectivity index (χ1n) is 6.91. The van der Waals surface area contributed by atoms with Crippen molar-refractivity contribution in [2.45, 2.75) is 45.6 Å². The number of benzene rings is 1. The third-order valence-corrected chi connectivity index (χ3v) is 4.93. The maximum Gasteiger partial charge on any atom is 0.0614 e. The molecule has 0 bridgehead atoms. The van der Waals surface area contributed by atoms with Crippen molar-refractivity contribution in [2.24, 2.45) is 17.8 Å². The summed E-state index contributed by atoms with van der Waals surface area (Å²) >= 11 is 0. The fourth-order valence-corrected chi connectivity index (χ4v) is 3.76. The van der Waals surface area contributed by atoms with Crippen LogP contribution in [0.5, 0.6) is 0 Å². The molecular weight excluding hydrogens is 208 g/mol. The Kier molecular flexibility index (Phi) is 2.74. The minimum Gasteiger partial charge on any atom is -0.392 e. The summed E-state index contributed by atoms with van der Waals surface area (Å²) in [5.74, 6) is 2.33.